The Morgan fingerprint density at radius 1 is 1.14 bits per heavy atom. The minimum Gasteiger partial charge on any atom is -0.394 e. The molecule has 0 bridgehead atoms. The first-order valence-corrected chi connectivity index (χ1v) is 8.95. The van der Waals surface area contributed by atoms with Crippen LogP contribution in [0, 0.1) is 5.92 Å². The highest BCUT2D eigenvalue weighted by Gasteiger charge is 2.41. The van der Waals surface area contributed by atoms with Gasteiger partial charge in [0.2, 0.25) is 0 Å². The first-order chi connectivity index (χ1) is 10.1. The highest BCUT2D eigenvalue weighted by atomic mass is 16.3. The number of aliphatic hydroxyl groups is 1. The maximum absolute atomic E-state index is 9.84. The SMILES string of the molecule is CC(C)NC1(CO)CCC(N2CCN(CC3CC3)CC2)C1. The Labute approximate surface area is 129 Å². The molecule has 2 N–H and O–H groups in total. The average Bonchev–Trinajstić information content (AvgIpc) is 3.18. The zero-order valence-electron chi connectivity index (χ0n) is 13.9. The van der Waals surface area contributed by atoms with E-state index in [4.69, 9.17) is 0 Å². The van der Waals surface area contributed by atoms with E-state index in [2.05, 4.69) is 29.0 Å². The minimum absolute atomic E-state index is 0.0238. The molecule has 4 nitrogen and oxygen atoms in total. The predicted octanol–water partition coefficient (Wildman–Crippen LogP) is 1.30. The van der Waals surface area contributed by atoms with Crippen LogP contribution in [0.25, 0.3) is 0 Å². The third-order valence-corrected chi connectivity index (χ3v) is 5.62. The molecule has 2 saturated carbocycles. The van der Waals surface area contributed by atoms with E-state index >= 15 is 0 Å². The maximum Gasteiger partial charge on any atom is 0.0614 e. The van der Waals surface area contributed by atoms with Crippen LogP contribution in [0.1, 0.15) is 46.0 Å². The van der Waals surface area contributed by atoms with Crippen molar-refractivity contribution in [3.05, 3.63) is 0 Å². The van der Waals surface area contributed by atoms with Gasteiger partial charge in [0, 0.05) is 50.3 Å². The van der Waals surface area contributed by atoms with Gasteiger partial charge in [-0.3, -0.25) is 4.90 Å². The van der Waals surface area contributed by atoms with Gasteiger partial charge in [0.05, 0.1) is 6.61 Å². The summed E-state index contributed by atoms with van der Waals surface area (Å²) < 4.78 is 0. The molecule has 1 aliphatic heterocycles. The molecule has 0 amide bonds. The van der Waals surface area contributed by atoms with Crippen molar-refractivity contribution in [1.82, 2.24) is 15.1 Å². The number of nitrogens with one attached hydrogen (secondary N) is 1. The summed E-state index contributed by atoms with van der Waals surface area (Å²) >= 11 is 0. The van der Waals surface area contributed by atoms with Gasteiger partial charge in [0.1, 0.15) is 0 Å². The summed E-state index contributed by atoms with van der Waals surface area (Å²) in [7, 11) is 0. The second-order valence-corrected chi connectivity index (χ2v) is 7.91. The summed E-state index contributed by atoms with van der Waals surface area (Å²) in [6.07, 6.45) is 6.40. The molecule has 3 rings (SSSR count). The van der Waals surface area contributed by atoms with Gasteiger partial charge >= 0.3 is 0 Å². The lowest BCUT2D eigenvalue weighted by Gasteiger charge is -2.39. The van der Waals surface area contributed by atoms with E-state index in [-0.39, 0.29) is 12.1 Å². The Morgan fingerprint density at radius 2 is 1.86 bits per heavy atom. The molecule has 2 unspecified atom stereocenters. The Kier molecular flexibility index (Phi) is 4.89. The van der Waals surface area contributed by atoms with E-state index in [1.54, 1.807) is 0 Å². The van der Waals surface area contributed by atoms with E-state index in [0.29, 0.717) is 12.1 Å². The van der Waals surface area contributed by atoms with Crippen molar-refractivity contribution in [2.24, 2.45) is 5.92 Å². The summed E-state index contributed by atoms with van der Waals surface area (Å²) in [6, 6.07) is 1.12. The molecule has 0 aromatic heterocycles. The molecule has 2 atom stereocenters. The molecule has 3 fully saturated rings. The van der Waals surface area contributed by atoms with Crippen LogP contribution in [0.4, 0.5) is 0 Å². The standard InChI is InChI=1S/C17H33N3O/c1-14(2)18-17(13-21)6-5-16(11-17)20-9-7-19(8-10-20)12-15-3-4-15/h14-16,18,21H,3-13H2,1-2H3. The number of hydrogen-bond donors (Lipinski definition) is 2. The van der Waals surface area contributed by atoms with Crippen LogP contribution in [0.5, 0.6) is 0 Å². The summed E-state index contributed by atoms with van der Waals surface area (Å²) in [6.45, 7) is 10.9. The Bertz CT molecular complexity index is 337. The molecule has 1 heterocycles. The topological polar surface area (TPSA) is 38.7 Å². The van der Waals surface area contributed by atoms with Gasteiger partial charge in [-0.05, 0) is 38.0 Å². The molecule has 2 aliphatic carbocycles. The third-order valence-electron chi connectivity index (χ3n) is 5.62. The smallest absolute Gasteiger partial charge is 0.0614 e. The van der Waals surface area contributed by atoms with Gasteiger partial charge in [0.25, 0.3) is 0 Å². The van der Waals surface area contributed by atoms with Crippen LogP contribution in [0.2, 0.25) is 0 Å². The molecule has 122 valence electrons. The Morgan fingerprint density at radius 3 is 2.43 bits per heavy atom. The van der Waals surface area contributed by atoms with Crippen LogP contribution in [-0.4, -0.2) is 71.9 Å². The van der Waals surface area contributed by atoms with E-state index in [9.17, 15) is 5.11 Å². The average molecular weight is 295 g/mol. The fourth-order valence-corrected chi connectivity index (χ4v) is 4.32. The van der Waals surface area contributed by atoms with Gasteiger partial charge in [0.15, 0.2) is 0 Å². The molecule has 0 aromatic rings. The monoisotopic (exact) mass is 295 g/mol. The van der Waals surface area contributed by atoms with Crippen LogP contribution >= 0.6 is 0 Å². The number of nitrogens with zero attached hydrogens (tertiary/aromatic N) is 2. The van der Waals surface area contributed by atoms with Crippen molar-refractivity contribution in [3.63, 3.8) is 0 Å². The van der Waals surface area contributed by atoms with Gasteiger partial charge in [-0.1, -0.05) is 13.8 Å². The molecular formula is C17H33N3O. The van der Waals surface area contributed by atoms with Crippen LogP contribution in [0.3, 0.4) is 0 Å². The molecule has 0 radical (unpaired) electrons. The largest absolute Gasteiger partial charge is 0.394 e. The quantitative estimate of drug-likeness (QED) is 0.775. The summed E-state index contributed by atoms with van der Waals surface area (Å²) in [5.74, 6) is 1.01. The predicted molar refractivity (Wildman–Crippen MR) is 86.5 cm³/mol. The van der Waals surface area contributed by atoms with Crippen LogP contribution < -0.4 is 5.32 Å². The van der Waals surface area contributed by atoms with Crippen LogP contribution in [-0.2, 0) is 0 Å². The molecule has 0 aromatic carbocycles. The van der Waals surface area contributed by atoms with Crippen molar-refractivity contribution in [2.45, 2.75) is 63.6 Å². The minimum atomic E-state index is -0.0238. The third kappa shape index (κ3) is 3.98. The summed E-state index contributed by atoms with van der Waals surface area (Å²) in [5.41, 5.74) is -0.0238. The normalized spacial score (nSPS) is 35.7. The molecule has 4 heteroatoms. The lowest BCUT2D eigenvalue weighted by atomic mass is 9.97. The van der Waals surface area contributed by atoms with Gasteiger partial charge in [-0.15, -0.1) is 0 Å². The fourth-order valence-electron chi connectivity index (χ4n) is 4.32. The molecular weight excluding hydrogens is 262 g/mol. The Balaban J connectivity index is 1.47. The molecule has 0 spiro atoms. The number of rotatable bonds is 6. The zero-order valence-corrected chi connectivity index (χ0v) is 13.9. The van der Waals surface area contributed by atoms with E-state index in [1.165, 1.54) is 52.0 Å². The van der Waals surface area contributed by atoms with Crippen molar-refractivity contribution < 1.29 is 5.11 Å². The van der Waals surface area contributed by atoms with Crippen molar-refractivity contribution in [2.75, 3.05) is 39.3 Å². The van der Waals surface area contributed by atoms with Crippen molar-refractivity contribution in [1.29, 1.82) is 0 Å². The highest BCUT2D eigenvalue weighted by molar-refractivity contribution is 5.00. The second kappa shape index (κ2) is 6.53. The lowest BCUT2D eigenvalue weighted by molar-refractivity contribution is 0.0847. The van der Waals surface area contributed by atoms with E-state index in [1.807, 2.05) is 0 Å². The first kappa shape index (κ1) is 15.7. The van der Waals surface area contributed by atoms with Crippen molar-refractivity contribution in [3.8, 4) is 0 Å². The second-order valence-electron chi connectivity index (χ2n) is 7.91. The molecule has 21 heavy (non-hydrogen) atoms. The fraction of sp³-hybridized carbons (Fsp3) is 1.00. The Hall–Kier alpha value is -0.160. The summed E-state index contributed by atoms with van der Waals surface area (Å²) in [5, 5.41) is 13.5. The molecule has 1 saturated heterocycles. The van der Waals surface area contributed by atoms with Crippen molar-refractivity contribution >= 4 is 0 Å². The van der Waals surface area contributed by atoms with Gasteiger partial charge in [-0.2, -0.15) is 0 Å². The van der Waals surface area contributed by atoms with E-state index < -0.39 is 0 Å². The zero-order chi connectivity index (χ0) is 14.9. The number of aliphatic hydroxyl groups excluding tert-OH is 1. The lowest BCUT2D eigenvalue weighted by Crippen LogP contribution is -2.53. The first-order valence-electron chi connectivity index (χ1n) is 8.95. The van der Waals surface area contributed by atoms with Crippen LogP contribution in [0.15, 0.2) is 0 Å². The maximum atomic E-state index is 9.84. The van der Waals surface area contributed by atoms with E-state index in [0.717, 1.165) is 18.8 Å². The number of hydrogen-bond acceptors (Lipinski definition) is 4. The molecule has 3 aliphatic rings. The highest BCUT2D eigenvalue weighted by Crippen LogP contribution is 2.34. The van der Waals surface area contributed by atoms with Gasteiger partial charge < -0.3 is 15.3 Å². The number of piperazine rings is 1. The van der Waals surface area contributed by atoms with Gasteiger partial charge in [-0.25, -0.2) is 0 Å². The summed E-state index contributed by atoms with van der Waals surface area (Å²) in [4.78, 5) is 5.34.